The molecule has 0 atom stereocenters. The average Bonchev–Trinajstić information content (AvgIpc) is 2.86. The summed E-state index contributed by atoms with van der Waals surface area (Å²) in [7, 11) is 3.82. The number of rotatable bonds is 4. The number of nitrogens with one attached hydrogen (secondary N) is 2. The number of hydrogen-bond donors (Lipinski definition) is 2. The van der Waals surface area contributed by atoms with E-state index in [0.29, 0.717) is 33.0 Å². The van der Waals surface area contributed by atoms with E-state index in [1.807, 2.05) is 50.2 Å². The van der Waals surface area contributed by atoms with E-state index < -0.39 is 0 Å². The van der Waals surface area contributed by atoms with Gasteiger partial charge >= 0.3 is 0 Å². The lowest BCUT2D eigenvalue weighted by Gasteiger charge is -2.07. The van der Waals surface area contributed by atoms with Crippen molar-refractivity contribution < 1.29 is 4.79 Å². The fraction of sp³-hybridized carbons (Fsp3) is 0.278. The van der Waals surface area contributed by atoms with Crippen molar-refractivity contribution in [1.29, 1.82) is 0 Å². The third-order valence-corrected chi connectivity index (χ3v) is 5.10. The van der Waals surface area contributed by atoms with Crippen LogP contribution in [0.2, 0.25) is 0 Å². The minimum Gasteiger partial charge on any atom is -0.321 e. The molecule has 130 valence electrons. The second kappa shape index (κ2) is 6.78. The molecule has 1 aromatic carbocycles. The zero-order chi connectivity index (χ0) is 18.1. The van der Waals surface area contributed by atoms with E-state index in [4.69, 9.17) is 0 Å². The summed E-state index contributed by atoms with van der Waals surface area (Å²) in [6, 6.07) is 7.59. The summed E-state index contributed by atoms with van der Waals surface area (Å²) in [5.41, 5.74) is 2.21. The molecule has 0 aliphatic rings. The average molecular weight is 356 g/mol. The van der Waals surface area contributed by atoms with Crippen LogP contribution in [0, 0.1) is 13.8 Å². The van der Waals surface area contributed by atoms with E-state index in [1.165, 1.54) is 11.3 Å². The van der Waals surface area contributed by atoms with Crippen LogP contribution in [0.1, 0.15) is 26.6 Å². The van der Waals surface area contributed by atoms with Gasteiger partial charge in [0.1, 0.15) is 10.7 Å². The molecule has 7 heteroatoms. The van der Waals surface area contributed by atoms with E-state index in [2.05, 4.69) is 15.3 Å². The highest BCUT2D eigenvalue weighted by molar-refractivity contribution is 7.20. The van der Waals surface area contributed by atoms with Crippen LogP contribution in [0.3, 0.4) is 0 Å². The molecular formula is C18H20N4O2S. The summed E-state index contributed by atoms with van der Waals surface area (Å²) in [4.78, 5) is 35.4. The van der Waals surface area contributed by atoms with E-state index >= 15 is 0 Å². The van der Waals surface area contributed by atoms with Gasteiger partial charge in [-0.1, -0.05) is 18.2 Å². The summed E-state index contributed by atoms with van der Waals surface area (Å²) in [6.07, 6.45) is 0. The Kier molecular flexibility index (Phi) is 4.69. The molecule has 0 unspecified atom stereocenters. The second-order valence-electron chi connectivity index (χ2n) is 6.26. The molecule has 0 saturated heterocycles. The Morgan fingerprint density at radius 3 is 2.68 bits per heavy atom. The lowest BCUT2D eigenvalue weighted by molar-refractivity contribution is 0.103. The number of fused-ring (bicyclic) bond motifs is 1. The molecule has 2 heterocycles. The number of carbonyl (C=O) groups excluding carboxylic acids is 1. The molecule has 0 saturated carbocycles. The Labute approximate surface area is 149 Å². The maximum Gasteiger partial charge on any atom is 0.266 e. The number of benzene rings is 1. The monoisotopic (exact) mass is 356 g/mol. The highest BCUT2D eigenvalue weighted by atomic mass is 32.1. The van der Waals surface area contributed by atoms with Gasteiger partial charge in [0.2, 0.25) is 0 Å². The van der Waals surface area contributed by atoms with Gasteiger partial charge in [-0.05, 0) is 45.1 Å². The number of aryl methyl sites for hydroxylation is 2. The van der Waals surface area contributed by atoms with Crippen LogP contribution in [0.5, 0.6) is 0 Å². The molecule has 3 aromatic rings. The lowest BCUT2D eigenvalue weighted by atomic mass is 10.2. The van der Waals surface area contributed by atoms with Gasteiger partial charge in [-0.2, -0.15) is 0 Å². The number of H-pyrrole nitrogens is 1. The number of hydrogen-bond acceptors (Lipinski definition) is 5. The number of nitrogens with zero attached hydrogens (tertiary/aromatic N) is 2. The fourth-order valence-corrected chi connectivity index (χ4v) is 3.77. The molecular weight excluding hydrogens is 336 g/mol. The van der Waals surface area contributed by atoms with Crippen molar-refractivity contribution in [3.05, 3.63) is 56.4 Å². The first kappa shape index (κ1) is 17.3. The van der Waals surface area contributed by atoms with Crippen LogP contribution in [0.25, 0.3) is 10.2 Å². The van der Waals surface area contributed by atoms with E-state index in [0.717, 1.165) is 11.3 Å². The number of aromatic nitrogens is 2. The van der Waals surface area contributed by atoms with Crippen molar-refractivity contribution >= 4 is 33.1 Å². The Morgan fingerprint density at radius 1 is 1.28 bits per heavy atom. The molecule has 6 nitrogen and oxygen atoms in total. The molecule has 0 radical (unpaired) electrons. The van der Waals surface area contributed by atoms with E-state index in [-0.39, 0.29) is 11.5 Å². The van der Waals surface area contributed by atoms with Gasteiger partial charge in [-0.25, -0.2) is 4.98 Å². The first-order valence-corrected chi connectivity index (χ1v) is 8.72. The summed E-state index contributed by atoms with van der Waals surface area (Å²) in [5, 5.41) is 3.41. The standard InChI is InChI=1S/C18H20N4O2S/c1-10-7-5-6-8-12(10)19-17(24)15-11(2)14-16(23)20-13(9-22(3)4)21-18(14)25-15/h5-8H,9H2,1-4H3,(H,19,24)(H,20,21,23). The quantitative estimate of drug-likeness (QED) is 0.753. The van der Waals surface area contributed by atoms with Gasteiger partial charge in [0.15, 0.2) is 0 Å². The zero-order valence-electron chi connectivity index (χ0n) is 14.6. The zero-order valence-corrected chi connectivity index (χ0v) is 15.5. The Bertz CT molecular complexity index is 1000. The molecule has 2 aromatic heterocycles. The molecule has 0 aliphatic carbocycles. The van der Waals surface area contributed by atoms with Crippen molar-refractivity contribution in [2.24, 2.45) is 0 Å². The number of amides is 1. The van der Waals surface area contributed by atoms with Gasteiger partial charge in [-0.15, -0.1) is 11.3 Å². The maximum absolute atomic E-state index is 12.7. The molecule has 0 spiro atoms. The SMILES string of the molecule is Cc1ccccc1NC(=O)c1sc2nc(CN(C)C)[nH]c(=O)c2c1C. The minimum absolute atomic E-state index is 0.203. The predicted octanol–water partition coefficient (Wildman–Crippen LogP) is 2.92. The van der Waals surface area contributed by atoms with Crippen LogP contribution >= 0.6 is 11.3 Å². The van der Waals surface area contributed by atoms with Gasteiger partial charge in [-0.3, -0.25) is 9.59 Å². The van der Waals surface area contributed by atoms with Crippen LogP contribution in [-0.4, -0.2) is 34.9 Å². The lowest BCUT2D eigenvalue weighted by Crippen LogP contribution is -2.18. The van der Waals surface area contributed by atoms with Gasteiger partial charge < -0.3 is 15.2 Å². The second-order valence-corrected chi connectivity index (χ2v) is 7.25. The number of carbonyl (C=O) groups is 1. The topological polar surface area (TPSA) is 78.1 Å². The fourth-order valence-electron chi connectivity index (χ4n) is 2.67. The molecule has 0 fully saturated rings. The van der Waals surface area contributed by atoms with Crippen molar-refractivity contribution in [2.75, 3.05) is 19.4 Å². The van der Waals surface area contributed by atoms with Crippen LogP contribution < -0.4 is 10.9 Å². The van der Waals surface area contributed by atoms with Gasteiger partial charge in [0.05, 0.1) is 16.8 Å². The smallest absolute Gasteiger partial charge is 0.266 e. The minimum atomic E-state index is -0.219. The van der Waals surface area contributed by atoms with Crippen LogP contribution in [0.15, 0.2) is 29.1 Å². The van der Waals surface area contributed by atoms with Crippen molar-refractivity contribution in [3.63, 3.8) is 0 Å². The third kappa shape index (κ3) is 3.47. The summed E-state index contributed by atoms with van der Waals surface area (Å²) in [5.74, 6) is 0.373. The first-order chi connectivity index (χ1) is 11.9. The number of para-hydroxylation sites is 1. The molecule has 0 bridgehead atoms. The maximum atomic E-state index is 12.7. The van der Waals surface area contributed by atoms with E-state index in [1.54, 1.807) is 6.92 Å². The van der Waals surface area contributed by atoms with Gasteiger partial charge in [0, 0.05) is 5.69 Å². The largest absolute Gasteiger partial charge is 0.321 e. The Hall–Kier alpha value is -2.51. The number of anilines is 1. The van der Waals surface area contributed by atoms with Crippen molar-refractivity contribution in [2.45, 2.75) is 20.4 Å². The first-order valence-electron chi connectivity index (χ1n) is 7.91. The van der Waals surface area contributed by atoms with Crippen LogP contribution in [0.4, 0.5) is 5.69 Å². The molecule has 25 heavy (non-hydrogen) atoms. The molecule has 3 rings (SSSR count). The molecule has 0 aliphatic heterocycles. The molecule has 2 N–H and O–H groups in total. The van der Waals surface area contributed by atoms with Crippen molar-refractivity contribution in [1.82, 2.24) is 14.9 Å². The normalized spacial score (nSPS) is 11.2. The van der Waals surface area contributed by atoms with E-state index in [9.17, 15) is 9.59 Å². The van der Waals surface area contributed by atoms with Crippen molar-refractivity contribution in [3.8, 4) is 0 Å². The number of aromatic amines is 1. The highest BCUT2D eigenvalue weighted by Gasteiger charge is 2.20. The molecule has 1 amide bonds. The Balaban J connectivity index is 2.01. The predicted molar refractivity (Wildman–Crippen MR) is 102 cm³/mol. The summed E-state index contributed by atoms with van der Waals surface area (Å²) in [6.45, 7) is 4.26. The summed E-state index contributed by atoms with van der Waals surface area (Å²) < 4.78 is 0. The number of thiophene rings is 1. The highest BCUT2D eigenvalue weighted by Crippen LogP contribution is 2.28. The van der Waals surface area contributed by atoms with Gasteiger partial charge in [0.25, 0.3) is 11.5 Å². The van der Waals surface area contributed by atoms with Crippen LogP contribution in [-0.2, 0) is 6.54 Å². The Morgan fingerprint density at radius 2 is 2.00 bits per heavy atom. The third-order valence-electron chi connectivity index (χ3n) is 3.92. The summed E-state index contributed by atoms with van der Waals surface area (Å²) >= 11 is 1.25.